The molecule has 1 aromatic carbocycles. The Hall–Kier alpha value is -1.33. The summed E-state index contributed by atoms with van der Waals surface area (Å²) in [4.78, 5) is 14.2. The normalized spacial score (nSPS) is 10.4. The summed E-state index contributed by atoms with van der Waals surface area (Å²) in [5, 5.41) is 0. The van der Waals surface area contributed by atoms with Crippen LogP contribution in [0.3, 0.4) is 0 Å². The summed E-state index contributed by atoms with van der Waals surface area (Å²) in [5.74, 6) is 0.455. The minimum Gasteiger partial charge on any atom is -0.496 e. The van der Waals surface area contributed by atoms with Gasteiger partial charge in [-0.05, 0) is 47.1 Å². The van der Waals surface area contributed by atoms with E-state index in [-0.39, 0.29) is 5.78 Å². The maximum atomic E-state index is 12.5. The number of rotatable bonds is 3. The maximum Gasteiger partial charge on any atom is 0.207 e. The van der Waals surface area contributed by atoms with Crippen LogP contribution in [0.2, 0.25) is 0 Å². The molecule has 94 valence electrons. The first-order chi connectivity index (χ1) is 8.52. The second kappa shape index (κ2) is 5.12. The number of methoxy groups -OCH3 is 1. The quantitative estimate of drug-likeness (QED) is 0.692. The summed E-state index contributed by atoms with van der Waals surface area (Å²) in [6, 6.07) is 6.99. The highest BCUT2D eigenvalue weighted by Crippen LogP contribution is 2.32. The molecule has 3 nitrogen and oxygen atoms in total. The molecule has 0 aliphatic carbocycles. The lowest BCUT2D eigenvalue weighted by Crippen LogP contribution is -2.03. The molecular weight excluding hydrogens is 314 g/mol. The van der Waals surface area contributed by atoms with E-state index in [9.17, 15) is 4.79 Å². The molecule has 18 heavy (non-hydrogen) atoms. The molecule has 0 saturated heterocycles. The third-order valence-electron chi connectivity index (χ3n) is 2.48. The first-order valence-corrected chi connectivity index (χ1v) is 6.88. The minimum absolute atomic E-state index is 0.0795. The van der Waals surface area contributed by atoms with Crippen LogP contribution in [0.1, 0.15) is 20.1 Å². The van der Waals surface area contributed by atoms with Crippen LogP contribution in [0.4, 0.5) is 5.69 Å². The van der Waals surface area contributed by atoms with E-state index in [1.54, 1.807) is 18.2 Å². The highest BCUT2D eigenvalue weighted by molar-refractivity contribution is 9.10. The van der Waals surface area contributed by atoms with E-state index in [0.29, 0.717) is 21.9 Å². The number of nitrogens with two attached hydrogens (primary N) is 1. The molecule has 1 heterocycles. The minimum atomic E-state index is -0.0795. The Bertz CT molecular complexity index is 607. The molecule has 2 rings (SSSR count). The Morgan fingerprint density at radius 2 is 2.11 bits per heavy atom. The maximum absolute atomic E-state index is 12.5. The van der Waals surface area contributed by atoms with Crippen molar-refractivity contribution in [1.29, 1.82) is 0 Å². The van der Waals surface area contributed by atoms with Crippen LogP contribution < -0.4 is 10.5 Å². The van der Waals surface area contributed by atoms with Crippen molar-refractivity contribution in [1.82, 2.24) is 0 Å². The lowest BCUT2D eigenvalue weighted by molar-refractivity contribution is 0.103. The fraction of sp³-hybridized carbons (Fsp3) is 0.154. The van der Waals surface area contributed by atoms with Crippen LogP contribution in [0.25, 0.3) is 0 Å². The summed E-state index contributed by atoms with van der Waals surface area (Å²) in [5.41, 5.74) is 6.76. The average molecular weight is 326 g/mol. The molecule has 0 atom stereocenters. The van der Waals surface area contributed by atoms with Crippen LogP contribution in [0, 0.1) is 6.92 Å². The van der Waals surface area contributed by atoms with Crippen LogP contribution in [0.5, 0.6) is 5.75 Å². The van der Waals surface area contributed by atoms with Gasteiger partial charge < -0.3 is 10.5 Å². The van der Waals surface area contributed by atoms with E-state index >= 15 is 0 Å². The molecule has 5 heteroatoms. The fourth-order valence-electron chi connectivity index (χ4n) is 1.66. The van der Waals surface area contributed by atoms with Crippen molar-refractivity contribution >= 4 is 38.7 Å². The molecule has 0 bridgehead atoms. The highest BCUT2D eigenvalue weighted by atomic mass is 79.9. The number of anilines is 1. The lowest BCUT2D eigenvalue weighted by atomic mass is 10.1. The van der Waals surface area contributed by atoms with Crippen LogP contribution in [0.15, 0.2) is 28.7 Å². The van der Waals surface area contributed by atoms with Gasteiger partial charge in [0.2, 0.25) is 5.78 Å². The zero-order chi connectivity index (χ0) is 13.3. The molecule has 0 unspecified atom stereocenters. The highest BCUT2D eigenvalue weighted by Gasteiger charge is 2.19. The van der Waals surface area contributed by atoms with Crippen LogP contribution >= 0.6 is 27.3 Å². The number of hydrogen-bond donors (Lipinski definition) is 1. The van der Waals surface area contributed by atoms with Gasteiger partial charge in [0.25, 0.3) is 0 Å². The Balaban J connectivity index is 2.51. The predicted octanol–water partition coefficient (Wildman–Crippen LogP) is 3.64. The summed E-state index contributed by atoms with van der Waals surface area (Å²) >= 11 is 4.85. The SMILES string of the molecule is COc1ccc(N)cc1C(=O)c1sc(C)cc1Br. The van der Waals surface area contributed by atoms with Gasteiger partial charge in [0.15, 0.2) is 0 Å². The Kier molecular flexibility index (Phi) is 3.73. The molecule has 2 N–H and O–H groups in total. The molecule has 0 saturated carbocycles. The first-order valence-electron chi connectivity index (χ1n) is 5.27. The second-order valence-corrected chi connectivity index (χ2v) is 5.93. The number of carbonyl (C=O) groups excluding carboxylic acids is 1. The molecule has 0 aliphatic rings. The predicted molar refractivity (Wildman–Crippen MR) is 77.6 cm³/mol. The van der Waals surface area contributed by atoms with E-state index in [0.717, 1.165) is 9.35 Å². The van der Waals surface area contributed by atoms with Gasteiger partial charge in [-0.2, -0.15) is 0 Å². The van der Waals surface area contributed by atoms with Crippen molar-refractivity contribution in [3.8, 4) is 5.75 Å². The smallest absolute Gasteiger partial charge is 0.207 e. The topological polar surface area (TPSA) is 52.3 Å². The van der Waals surface area contributed by atoms with E-state index in [2.05, 4.69) is 15.9 Å². The average Bonchev–Trinajstić information content (AvgIpc) is 2.67. The molecule has 2 aromatic rings. The van der Waals surface area contributed by atoms with Gasteiger partial charge in [0.1, 0.15) is 5.75 Å². The molecule has 0 spiro atoms. The number of aryl methyl sites for hydroxylation is 1. The standard InChI is InChI=1S/C13H12BrNO2S/c1-7-5-10(14)13(18-7)12(16)9-6-8(15)3-4-11(9)17-2/h3-6H,15H2,1-2H3. The molecule has 0 radical (unpaired) electrons. The number of halogens is 1. The van der Waals surface area contributed by atoms with Crippen molar-refractivity contribution in [2.45, 2.75) is 6.92 Å². The monoisotopic (exact) mass is 325 g/mol. The Morgan fingerprint density at radius 1 is 1.39 bits per heavy atom. The third-order valence-corrected chi connectivity index (χ3v) is 4.42. The van der Waals surface area contributed by atoms with Gasteiger partial charge in [-0.3, -0.25) is 4.79 Å². The number of thiophene rings is 1. The van der Waals surface area contributed by atoms with Gasteiger partial charge in [-0.1, -0.05) is 0 Å². The van der Waals surface area contributed by atoms with Gasteiger partial charge >= 0.3 is 0 Å². The van der Waals surface area contributed by atoms with Crippen LogP contribution in [-0.2, 0) is 0 Å². The Labute approximate surface area is 118 Å². The first kappa shape index (κ1) is 13.1. The lowest BCUT2D eigenvalue weighted by Gasteiger charge is -2.07. The summed E-state index contributed by atoms with van der Waals surface area (Å²) in [7, 11) is 1.54. The van der Waals surface area contributed by atoms with Crippen molar-refractivity contribution in [2.75, 3.05) is 12.8 Å². The second-order valence-electron chi connectivity index (χ2n) is 3.82. The number of hydrogen-bond acceptors (Lipinski definition) is 4. The molecule has 0 aliphatic heterocycles. The van der Waals surface area contributed by atoms with E-state index < -0.39 is 0 Å². The third kappa shape index (κ3) is 2.42. The molecule has 1 aromatic heterocycles. The number of nitrogen functional groups attached to an aromatic ring is 1. The van der Waals surface area contributed by atoms with E-state index in [1.807, 2.05) is 13.0 Å². The van der Waals surface area contributed by atoms with Crippen molar-refractivity contribution in [3.05, 3.63) is 44.1 Å². The van der Waals surface area contributed by atoms with Gasteiger partial charge in [0.05, 0.1) is 17.6 Å². The number of carbonyl (C=O) groups is 1. The molecule has 0 fully saturated rings. The van der Waals surface area contributed by atoms with Crippen molar-refractivity contribution in [3.63, 3.8) is 0 Å². The van der Waals surface area contributed by atoms with E-state index in [4.69, 9.17) is 10.5 Å². The molecule has 0 amide bonds. The zero-order valence-electron chi connectivity index (χ0n) is 9.99. The number of ketones is 1. The molecular formula is C13H12BrNO2S. The van der Waals surface area contributed by atoms with Gasteiger partial charge in [0, 0.05) is 15.0 Å². The fourth-order valence-corrected chi connectivity index (χ4v) is 3.44. The summed E-state index contributed by atoms with van der Waals surface area (Å²) in [6.07, 6.45) is 0. The van der Waals surface area contributed by atoms with Gasteiger partial charge in [-0.15, -0.1) is 11.3 Å². The van der Waals surface area contributed by atoms with Crippen LogP contribution in [-0.4, -0.2) is 12.9 Å². The van der Waals surface area contributed by atoms with Crippen molar-refractivity contribution < 1.29 is 9.53 Å². The van der Waals surface area contributed by atoms with E-state index in [1.165, 1.54) is 18.4 Å². The summed E-state index contributed by atoms with van der Waals surface area (Å²) in [6.45, 7) is 1.96. The largest absolute Gasteiger partial charge is 0.496 e. The van der Waals surface area contributed by atoms with Gasteiger partial charge in [-0.25, -0.2) is 0 Å². The summed E-state index contributed by atoms with van der Waals surface area (Å²) < 4.78 is 6.01. The number of ether oxygens (including phenoxy) is 1. The zero-order valence-corrected chi connectivity index (χ0v) is 12.4. The van der Waals surface area contributed by atoms with Crippen molar-refractivity contribution in [2.24, 2.45) is 0 Å². The number of benzene rings is 1. The Morgan fingerprint density at radius 3 is 2.67 bits per heavy atom.